The third kappa shape index (κ3) is 4.41. The summed E-state index contributed by atoms with van der Waals surface area (Å²) in [7, 11) is 0. The van der Waals surface area contributed by atoms with Crippen LogP contribution in [0.2, 0.25) is 4.34 Å². The number of thiophene rings is 1. The highest BCUT2D eigenvalue weighted by Gasteiger charge is 2.14. The molecule has 5 nitrogen and oxygen atoms in total. The number of nitrogens with zero attached hydrogens (tertiary/aromatic N) is 2. The van der Waals surface area contributed by atoms with Crippen LogP contribution in [0.15, 0.2) is 68.6 Å². The predicted molar refractivity (Wildman–Crippen MR) is 129 cm³/mol. The van der Waals surface area contributed by atoms with Crippen molar-refractivity contribution >= 4 is 77.8 Å². The maximum absolute atomic E-state index is 12.9. The highest BCUT2D eigenvalue weighted by Crippen LogP contribution is 2.33. The summed E-state index contributed by atoms with van der Waals surface area (Å²) >= 11 is 14.0. The van der Waals surface area contributed by atoms with Crippen LogP contribution in [0.25, 0.3) is 21.5 Å². The molecule has 0 aliphatic rings. The smallest absolute Gasteiger partial charge is 0.272 e. The van der Waals surface area contributed by atoms with E-state index in [1.807, 2.05) is 30.3 Å². The number of phenolic OH excluding ortho intramolecular Hbond substituents is 1. The van der Waals surface area contributed by atoms with Crippen LogP contribution in [0.5, 0.6) is 5.75 Å². The molecule has 4 aromatic rings. The molecule has 4 rings (SSSR count). The van der Waals surface area contributed by atoms with Crippen molar-refractivity contribution in [2.75, 3.05) is 0 Å². The first-order valence-electron chi connectivity index (χ1n) is 8.59. The van der Waals surface area contributed by atoms with E-state index in [2.05, 4.69) is 47.4 Å². The Morgan fingerprint density at radius 3 is 2.57 bits per heavy atom. The summed E-state index contributed by atoms with van der Waals surface area (Å²) in [6.07, 6.45) is 1.50. The third-order valence-electron chi connectivity index (χ3n) is 4.21. The van der Waals surface area contributed by atoms with Crippen molar-refractivity contribution < 1.29 is 9.90 Å². The zero-order valence-corrected chi connectivity index (χ0v) is 19.8. The summed E-state index contributed by atoms with van der Waals surface area (Å²) in [5.74, 6) is -0.258. The van der Waals surface area contributed by atoms with Gasteiger partial charge in [-0.2, -0.15) is 5.10 Å². The summed E-state index contributed by atoms with van der Waals surface area (Å²) in [6.45, 7) is 0. The van der Waals surface area contributed by atoms with Crippen LogP contribution in [0.1, 0.15) is 15.9 Å². The molecule has 0 saturated heterocycles. The lowest BCUT2D eigenvalue weighted by Crippen LogP contribution is -2.18. The number of aromatic hydroxyl groups is 1. The number of halogens is 3. The Kier molecular flexibility index (Phi) is 6.19. The molecule has 0 bridgehead atoms. The Labute approximate surface area is 197 Å². The first-order valence-corrected chi connectivity index (χ1v) is 11.4. The molecule has 0 aliphatic carbocycles. The van der Waals surface area contributed by atoms with Gasteiger partial charge in [0, 0.05) is 5.39 Å². The van der Waals surface area contributed by atoms with Gasteiger partial charge in [0.25, 0.3) is 5.91 Å². The fourth-order valence-electron chi connectivity index (χ4n) is 2.83. The zero-order chi connectivity index (χ0) is 21.3. The van der Waals surface area contributed by atoms with E-state index in [0.29, 0.717) is 35.6 Å². The van der Waals surface area contributed by atoms with Crippen LogP contribution in [0.4, 0.5) is 0 Å². The van der Waals surface area contributed by atoms with Gasteiger partial charge in [0.15, 0.2) is 0 Å². The second kappa shape index (κ2) is 8.85. The van der Waals surface area contributed by atoms with Gasteiger partial charge in [0.1, 0.15) is 5.75 Å². The number of amides is 1. The largest absolute Gasteiger partial charge is 0.506 e. The quantitative estimate of drug-likeness (QED) is 0.216. The fourth-order valence-corrected chi connectivity index (χ4v) is 5.05. The van der Waals surface area contributed by atoms with Gasteiger partial charge in [-0.1, -0.05) is 29.8 Å². The average Bonchev–Trinajstić information content (AvgIpc) is 3.17. The molecule has 30 heavy (non-hydrogen) atoms. The minimum Gasteiger partial charge on any atom is -0.506 e. The highest BCUT2D eigenvalue weighted by molar-refractivity contribution is 9.11. The number of carbonyl (C=O) groups is 1. The molecule has 0 saturated carbocycles. The normalized spacial score (nSPS) is 11.3. The number of para-hydroxylation sites is 1. The van der Waals surface area contributed by atoms with Gasteiger partial charge >= 0.3 is 0 Å². The molecule has 0 fully saturated rings. The molecular weight excluding hydrogens is 554 g/mol. The van der Waals surface area contributed by atoms with Gasteiger partial charge in [-0.05, 0) is 73.8 Å². The fraction of sp³-hybridized carbons (Fsp3) is 0. The van der Waals surface area contributed by atoms with Gasteiger partial charge in [-0.3, -0.25) is 4.79 Å². The van der Waals surface area contributed by atoms with Gasteiger partial charge in [-0.15, -0.1) is 11.3 Å². The molecule has 0 radical (unpaired) electrons. The number of hydrogen-bond acceptors (Lipinski definition) is 5. The first kappa shape index (κ1) is 21.0. The van der Waals surface area contributed by atoms with Crippen LogP contribution in [0.3, 0.4) is 0 Å². The maximum atomic E-state index is 12.9. The van der Waals surface area contributed by atoms with Gasteiger partial charge in [0.2, 0.25) is 0 Å². The molecule has 1 amide bonds. The Morgan fingerprint density at radius 1 is 1.13 bits per heavy atom. The summed E-state index contributed by atoms with van der Waals surface area (Å²) in [5, 5.41) is 14.6. The van der Waals surface area contributed by atoms with E-state index in [9.17, 15) is 9.90 Å². The summed E-state index contributed by atoms with van der Waals surface area (Å²) in [5.41, 5.74) is 5.10. The number of hydrogen-bond donors (Lipinski definition) is 2. The molecule has 2 aromatic heterocycles. The predicted octanol–water partition coefficient (Wildman–Crippen LogP) is 6.61. The Hall–Kier alpha value is -2.26. The van der Waals surface area contributed by atoms with Crippen molar-refractivity contribution in [1.29, 1.82) is 0 Å². The van der Waals surface area contributed by atoms with Crippen LogP contribution in [-0.4, -0.2) is 22.2 Å². The lowest BCUT2D eigenvalue weighted by molar-refractivity contribution is 0.0956. The van der Waals surface area contributed by atoms with E-state index in [4.69, 9.17) is 11.6 Å². The van der Waals surface area contributed by atoms with E-state index >= 15 is 0 Å². The molecule has 9 heteroatoms. The SMILES string of the molecule is O=C(NN=Cc1cc(Br)c(O)c(Br)c1)c1cc(-c2ccc(Cl)s2)nc2ccccc12. The van der Waals surface area contributed by atoms with E-state index in [1.165, 1.54) is 17.6 Å². The molecule has 0 spiro atoms. The molecule has 0 unspecified atom stereocenters. The lowest BCUT2D eigenvalue weighted by atomic mass is 10.1. The van der Waals surface area contributed by atoms with Gasteiger partial charge in [0.05, 0.1) is 41.1 Å². The van der Waals surface area contributed by atoms with Gasteiger partial charge in [-0.25, -0.2) is 10.4 Å². The standard InChI is InChI=1S/C21H12Br2ClN3O2S/c22-14-7-11(8-15(23)20(14)28)10-25-27-21(29)13-9-17(18-5-6-19(24)30-18)26-16-4-2-1-3-12(13)16/h1-10,28H,(H,27,29). The van der Waals surface area contributed by atoms with Crippen molar-refractivity contribution in [3.8, 4) is 16.3 Å². The van der Waals surface area contributed by atoms with Gasteiger partial charge < -0.3 is 5.11 Å². The first-order chi connectivity index (χ1) is 14.4. The molecular formula is C21H12Br2ClN3O2S. The highest BCUT2D eigenvalue weighted by atomic mass is 79.9. The lowest BCUT2D eigenvalue weighted by Gasteiger charge is -2.08. The van der Waals surface area contributed by atoms with Crippen molar-refractivity contribution in [1.82, 2.24) is 10.4 Å². The minimum absolute atomic E-state index is 0.0978. The summed E-state index contributed by atoms with van der Waals surface area (Å²) in [6, 6.07) is 16.2. The van der Waals surface area contributed by atoms with Crippen LogP contribution >= 0.6 is 54.8 Å². The van der Waals surface area contributed by atoms with E-state index in [1.54, 1.807) is 24.3 Å². The third-order valence-corrected chi connectivity index (χ3v) is 6.67. The number of fused-ring (bicyclic) bond motifs is 1. The number of phenols is 1. The number of aromatic nitrogens is 1. The van der Waals surface area contributed by atoms with E-state index in [0.717, 1.165) is 10.3 Å². The van der Waals surface area contributed by atoms with E-state index in [-0.39, 0.29) is 11.7 Å². The van der Waals surface area contributed by atoms with Crippen molar-refractivity contribution in [3.63, 3.8) is 0 Å². The maximum Gasteiger partial charge on any atom is 0.272 e. The molecule has 2 aromatic carbocycles. The number of rotatable bonds is 4. The second-order valence-electron chi connectivity index (χ2n) is 6.21. The summed E-state index contributed by atoms with van der Waals surface area (Å²) in [4.78, 5) is 18.4. The molecule has 2 N–H and O–H groups in total. The number of nitrogens with one attached hydrogen (secondary N) is 1. The van der Waals surface area contributed by atoms with Crippen LogP contribution in [-0.2, 0) is 0 Å². The van der Waals surface area contributed by atoms with Crippen molar-refractivity contribution in [3.05, 3.63) is 79.0 Å². The Bertz CT molecular complexity index is 1280. The van der Waals surface area contributed by atoms with E-state index < -0.39 is 0 Å². The minimum atomic E-state index is -0.356. The zero-order valence-electron chi connectivity index (χ0n) is 15.1. The number of hydrazone groups is 1. The molecule has 2 heterocycles. The average molecular weight is 566 g/mol. The second-order valence-corrected chi connectivity index (χ2v) is 9.63. The molecule has 150 valence electrons. The Morgan fingerprint density at radius 2 is 1.87 bits per heavy atom. The topological polar surface area (TPSA) is 74.6 Å². The number of benzene rings is 2. The van der Waals surface area contributed by atoms with Crippen molar-refractivity contribution in [2.24, 2.45) is 5.10 Å². The molecule has 0 aliphatic heterocycles. The monoisotopic (exact) mass is 563 g/mol. The van der Waals surface area contributed by atoms with Crippen molar-refractivity contribution in [2.45, 2.75) is 0 Å². The van der Waals surface area contributed by atoms with Crippen LogP contribution < -0.4 is 5.43 Å². The number of pyridine rings is 1. The number of carbonyl (C=O) groups excluding carboxylic acids is 1. The van der Waals surface area contributed by atoms with Crippen LogP contribution in [0, 0.1) is 0 Å². The summed E-state index contributed by atoms with van der Waals surface area (Å²) < 4.78 is 1.69. The molecule has 0 atom stereocenters. The Balaban J connectivity index is 1.65.